The Hall–Kier alpha value is -4.19. The minimum atomic E-state index is -0.136. The second-order valence-corrected chi connectivity index (χ2v) is 15.6. The molecular weight excluding hydrogens is 669 g/mol. The fraction of sp³-hybridized carbons (Fsp3) is 0.375. The zero-order chi connectivity index (χ0) is 38.0. The second-order valence-electron chi connectivity index (χ2n) is 15.1. The molecular formula is C48H59N2O2S+. The lowest BCUT2D eigenvalue weighted by Crippen LogP contribution is -2.28. The number of ketones is 1. The third kappa shape index (κ3) is 8.47. The van der Waals surface area contributed by atoms with Gasteiger partial charge < -0.3 is 10.0 Å². The van der Waals surface area contributed by atoms with E-state index in [1.54, 1.807) is 0 Å². The summed E-state index contributed by atoms with van der Waals surface area (Å²) in [4.78, 5) is 14.4. The second kappa shape index (κ2) is 18.2. The van der Waals surface area contributed by atoms with Crippen molar-refractivity contribution in [3.63, 3.8) is 0 Å². The summed E-state index contributed by atoms with van der Waals surface area (Å²) < 4.78 is 2.53. The van der Waals surface area contributed by atoms with Crippen LogP contribution in [-0.4, -0.2) is 47.1 Å². The maximum absolute atomic E-state index is 11.9. The third-order valence-corrected chi connectivity index (χ3v) is 11.3. The van der Waals surface area contributed by atoms with Crippen LogP contribution in [0.1, 0.15) is 90.7 Å². The molecule has 0 unspecified atom stereocenters. The van der Waals surface area contributed by atoms with Crippen molar-refractivity contribution in [3.8, 4) is 0 Å². The molecule has 0 saturated carbocycles. The van der Waals surface area contributed by atoms with Crippen LogP contribution in [-0.2, 0) is 15.6 Å². The van der Waals surface area contributed by atoms with Crippen molar-refractivity contribution in [1.82, 2.24) is 0 Å². The number of unbranched alkanes of at least 4 members (excludes halogenated alkanes) is 3. The van der Waals surface area contributed by atoms with E-state index in [-0.39, 0.29) is 10.8 Å². The molecule has 0 amide bonds. The van der Waals surface area contributed by atoms with Gasteiger partial charge in [-0.1, -0.05) is 106 Å². The Labute approximate surface area is 323 Å². The van der Waals surface area contributed by atoms with Crippen molar-refractivity contribution in [2.75, 3.05) is 30.9 Å². The molecule has 0 saturated heterocycles. The van der Waals surface area contributed by atoms with Gasteiger partial charge in [-0.3, -0.25) is 4.79 Å². The van der Waals surface area contributed by atoms with E-state index in [4.69, 9.17) is 5.11 Å². The summed E-state index contributed by atoms with van der Waals surface area (Å²) >= 11 is 4.48. The van der Waals surface area contributed by atoms with Crippen molar-refractivity contribution in [1.29, 1.82) is 0 Å². The zero-order valence-electron chi connectivity index (χ0n) is 32.7. The Morgan fingerprint density at radius 3 is 2.08 bits per heavy atom. The Kier molecular flexibility index (Phi) is 13.8. The van der Waals surface area contributed by atoms with E-state index in [2.05, 4.69) is 165 Å². The Balaban J connectivity index is 0.00000266. The lowest BCUT2D eigenvalue weighted by molar-refractivity contribution is -0.438. The van der Waals surface area contributed by atoms with E-state index in [0.717, 1.165) is 58.1 Å². The van der Waals surface area contributed by atoms with Crippen LogP contribution in [0.3, 0.4) is 0 Å². The number of carbonyl (C=O) groups excluding carboxylic acids is 1. The summed E-state index contributed by atoms with van der Waals surface area (Å²) in [7, 11) is 1.00. The Bertz CT molecular complexity index is 2060. The van der Waals surface area contributed by atoms with Gasteiger partial charge in [0.15, 0.2) is 5.71 Å². The summed E-state index contributed by atoms with van der Waals surface area (Å²) in [5, 5.41) is 12.3. The predicted molar refractivity (Wildman–Crippen MR) is 232 cm³/mol. The number of benzene rings is 4. The highest BCUT2D eigenvalue weighted by molar-refractivity contribution is 7.80. The minimum Gasteiger partial charge on any atom is -0.400 e. The molecule has 0 aliphatic carbocycles. The number of aliphatic hydroxyl groups excluding tert-OH is 1. The summed E-state index contributed by atoms with van der Waals surface area (Å²) in [6, 6.07) is 26.7. The number of rotatable bonds is 15. The Morgan fingerprint density at radius 1 is 0.736 bits per heavy atom. The molecule has 4 aromatic carbocycles. The number of nitrogens with zero attached hydrogens (tertiary/aromatic N) is 2. The maximum Gasteiger partial charge on any atom is 0.210 e. The van der Waals surface area contributed by atoms with Crippen molar-refractivity contribution < 1.29 is 14.5 Å². The van der Waals surface area contributed by atoms with E-state index >= 15 is 0 Å². The topological polar surface area (TPSA) is 43.5 Å². The molecule has 2 heterocycles. The van der Waals surface area contributed by atoms with Crippen molar-refractivity contribution in [2.24, 2.45) is 0 Å². The molecule has 0 spiro atoms. The van der Waals surface area contributed by atoms with Gasteiger partial charge in [-0.15, -0.1) is 0 Å². The first kappa shape index (κ1) is 40.0. The van der Waals surface area contributed by atoms with Crippen LogP contribution in [0.5, 0.6) is 0 Å². The molecule has 0 radical (unpaired) electrons. The number of hydrogen-bond donors (Lipinski definition) is 2. The normalized spacial score (nSPS) is 16.8. The van der Waals surface area contributed by atoms with Gasteiger partial charge in [0.2, 0.25) is 5.69 Å². The van der Waals surface area contributed by atoms with E-state index < -0.39 is 0 Å². The maximum atomic E-state index is 11.9. The molecule has 4 nitrogen and oxygen atoms in total. The van der Waals surface area contributed by atoms with Gasteiger partial charge in [0, 0.05) is 67.4 Å². The molecule has 4 aromatic rings. The molecule has 1 N–H and O–H groups in total. The molecule has 278 valence electrons. The first-order valence-corrected chi connectivity index (χ1v) is 20.1. The first-order valence-electron chi connectivity index (χ1n) is 19.5. The van der Waals surface area contributed by atoms with Gasteiger partial charge in [0.05, 0.1) is 5.41 Å². The number of hydrogen-bond acceptors (Lipinski definition) is 4. The van der Waals surface area contributed by atoms with Crippen molar-refractivity contribution >= 4 is 57.0 Å². The Morgan fingerprint density at radius 2 is 1.38 bits per heavy atom. The average Bonchev–Trinajstić information content (AvgIpc) is 3.53. The third-order valence-electron chi connectivity index (χ3n) is 11.0. The number of aliphatic hydroxyl groups is 1. The molecule has 2 aliphatic rings. The monoisotopic (exact) mass is 727 g/mol. The highest BCUT2D eigenvalue weighted by Gasteiger charge is 2.45. The summed E-state index contributed by atoms with van der Waals surface area (Å²) in [5.41, 5.74) is 7.90. The molecule has 0 bridgehead atoms. The fourth-order valence-corrected chi connectivity index (χ4v) is 8.59. The van der Waals surface area contributed by atoms with Gasteiger partial charge >= 0.3 is 0 Å². The van der Waals surface area contributed by atoms with Crippen LogP contribution in [0.15, 0.2) is 121 Å². The SMILES string of the molecule is CCC(=O)CCCCC[N+]1=C(/C=C/C=C/C=C/C=C2\N(CCCCS)c3ccc4ccccc4c3C2(C)C)C(C)(C)c2c1ccc1ccccc21.CO. The quantitative estimate of drug-likeness (QED) is 0.0555. The van der Waals surface area contributed by atoms with Crippen LogP contribution in [0.25, 0.3) is 21.5 Å². The summed E-state index contributed by atoms with van der Waals surface area (Å²) in [6.45, 7) is 13.4. The number of fused-ring (bicyclic) bond motifs is 6. The smallest absolute Gasteiger partial charge is 0.210 e. The minimum absolute atomic E-state index is 0.107. The van der Waals surface area contributed by atoms with Crippen LogP contribution in [0.4, 0.5) is 11.4 Å². The van der Waals surface area contributed by atoms with Gasteiger partial charge in [-0.05, 0) is 90.6 Å². The standard InChI is InChI=1S/C47H54N2OS.CH4O/c1-6-37(50)23-11-10-18-32-48-40-30-28-35-21-14-16-24-38(35)44(40)46(2,3)42(48)26-12-8-7-9-13-27-43-47(4,5)45-39-25-17-15-22-36(39)29-31-41(45)49(43)33-19-20-34-51;1-2/h7-9,12-17,21-22,24-31H,6,10-11,18-20,23,32-34H2,1-5H3;2H,1H3/p+1. The predicted octanol–water partition coefficient (Wildman–Crippen LogP) is 11.6. The molecule has 6 rings (SSSR count). The highest BCUT2D eigenvalue weighted by atomic mass is 32.1. The van der Waals surface area contributed by atoms with Crippen molar-refractivity contribution in [2.45, 2.75) is 90.4 Å². The highest BCUT2D eigenvalue weighted by Crippen LogP contribution is 2.51. The van der Waals surface area contributed by atoms with Gasteiger partial charge in [-0.25, -0.2) is 0 Å². The fourth-order valence-electron chi connectivity index (χ4n) is 8.37. The van der Waals surface area contributed by atoms with Gasteiger partial charge in [0.25, 0.3) is 0 Å². The summed E-state index contributed by atoms with van der Waals surface area (Å²) in [5.74, 6) is 1.28. The van der Waals surface area contributed by atoms with Crippen LogP contribution < -0.4 is 4.90 Å². The molecule has 53 heavy (non-hydrogen) atoms. The largest absolute Gasteiger partial charge is 0.400 e. The van der Waals surface area contributed by atoms with Crippen molar-refractivity contribution in [3.05, 3.63) is 132 Å². The molecule has 5 heteroatoms. The number of anilines is 1. The van der Waals surface area contributed by atoms with Crippen LogP contribution in [0, 0.1) is 0 Å². The number of carbonyl (C=O) groups is 1. The van der Waals surface area contributed by atoms with E-state index in [1.165, 1.54) is 55.5 Å². The molecule has 0 fully saturated rings. The molecule has 0 atom stereocenters. The lowest BCUT2D eigenvalue weighted by atomic mass is 9.79. The molecule has 2 aliphatic heterocycles. The van der Waals surface area contributed by atoms with Gasteiger partial charge in [-0.2, -0.15) is 17.2 Å². The first-order chi connectivity index (χ1) is 25.7. The van der Waals surface area contributed by atoms with Gasteiger partial charge in [0.1, 0.15) is 12.3 Å². The van der Waals surface area contributed by atoms with E-state index in [9.17, 15) is 4.79 Å². The summed E-state index contributed by atoms with van der Waals surface area (Å²) in [6.07, 6.45) is 22.1. The van der Waals surface area contributed by atoms with Crippen LogP contribution >= 0.6 is 12.6 Å². The number of thiol groups is 1. The number of Topliss-reactive ketones (excluding diaryl/α,β-unsaturated/α-hetero) is 1. The van der Waals surface area contributed by atoms with E-state index in [0.29, 0.717) is 18.6 Å². The number of allylic oxidation sites excluding steroid dienone is 8. The van der Waals surface area contributed by atoms with E-state index in [1.807, 2.05) is 6.92 Å². The zero-order valence-corrected chi connectivity index (χ0v) is 33.6. The average molecular weight is 728 g/mol. The molecule has 0 aromatic heterocycles. The van der Waals surface area contributed by atoms with Crippen LogP contribution in [0.2, 0.25) is 0 Å². The lowest BCUT2D eigenvalue weighted by Gasteiger charge is -2.27.